The minimum absolute atomic E-state index is 0.142. The molecule has 11 nitrogen and oxygen atoms in total. The van der Waals surface area contributed by atoms with Crippen molar-refractivity contribution in [1.29, 1.82) is 0 Å². The van der Waals surface area contributed by atoms with Crippen LogP contribution in [0.15, 0.2) is 24.3 Å². The van der Waals surface area contributed by atoms with E-state index in [9.17, 15) is 24.3 Å². The summed E-state index contributed by atoms with van der Waals surface area (Å²) in [7, 11) is 0. The second kappa shape index (κ2) is 13.9. The topological polar surface area (TPSA) is 172 Å². The Labute approximate surface area is 193 Å². The van der Waals surface area contributed by atoms with Crippen LogP contribution in [0.5, 0.6) is 0 Å². The molecule has 0 aliphatic rings. The predicted octanol–water partition coefficient (Wildman–Crippen LogP) is 0.574. The van der Waals surface area contributed by atoms with Crippen LogP contribution in [0.1, 0.15) is 46.1 Å². The summed E-state index contributed by atoms with van der Waals surface area (Å²) < 4.78 is 4.95. The number of ether oxygens (including phenoxy) is 1. The number of aliphatic hydroxyl groups is 1. The Balaban J connectivity index is 2.86. The molecule has 0 heterocycles. The third kappa shape index (κ3) is 11.2. The van der Waals surface area contributed by atoms with Crippen LogP contribution in [-0.2, 0) is 25.7 Å². The number of nitrogens with two attached hydrogens (primary N) is 1. The third-order valence-corrected chi connectivity index (χ3v) is 4.72. The molecular weight excluding hydrogens is 430 g/mol. The monoisotopic (exact) mass is 465 g/mol. The zero-order valence-corrected chi connectivity index (χ0v) is 19.5. The van der Waals surface area contributed by atoms with Crippen molar-refractivity contribution in [2.24, 2.45) is 11.7 Å². The first-order chi connectivity index (χ1) is 15.5. The van der Waals surface area contributed by atoms with Gasteiger partial charge in [-0.25, -0.2) is 4.79 Å². The zero-order valence-electron chi connectivity index (χ0n) is 19.5. The first-order valence-electron chi connectivity index (χ1n) is 10.8. The molecule has 0 radical (unpaired) electrons. The van der Waals surface area contributed by atoms with E-state index in [4.69, 9.17) is 10.5 Å². The number of esters is 1. The molecular formula is C22H35N5O6. The SMILES string of the molecule is CC(=O)N[C@H](C(=O)N[C@@H](CCCNC(N)=O)C(O)Nc1ccc(COC(C)=O)cc1)C(C)C. The standard InChI is InChI=1S/C22H35N5O6/c1-13(2)19(25-14(3)28)21(31)27-18(6-5-11-24-22(23)32)20(30)26-17-9-7-16(8-10-17)12-33-15(4)29/h7-10,13,18-20,26,30H,5-6,11-12H2,1-4H3,(H,25,28)(H,27,31)(H3,23,24,32)/t18-,19-,20?/m0/s1. The van der Waals surface area contributed by atoms with Gasteiger partial charge in [-0.05, 0) is 36.5 Å². The molecule has 1 unspecified atom stereocenters. The first-order valence-corrected chi connectivity index (χ1v) is 10.8. The zero-order chi connectivity index (χ0) is 25.0. The molecule has 0 fully saturated rings. The van der Waals surface area contributed by atoms with E-state index in [1.165, 1.54) is 13.8 Å². The highest BCUT2D eigenvalue weighted by atomic mass is 16.5. The number of hydrogen-bond donors (Lipinski definition) is 6. The molecule has 11 heteroatoms. The van der Waals surface area contributed by atoms with Gasteiger partial charge in [0.05, 0.1) is 6.04 Å². The summed E-state index contributed by atoms with van der Waals surface area (Å²) in [5, 5.41) is 21.6. The van der Waals surface area contributed by atoms with Crippen molar-refractivity contribution in [3.63, 3.8) is 0 Å². The Morgan fingerprint density at radius 3 is 2.21 bits per heavy atom. The van der Waals surface area contributed by atoms with Crippen molar-refractivity contribution in [1.82, 2.24) is 16.0 Å². The Morgan fingerprint density at radius 1 is 1.06 bits per heavy atom. The van der Waals surface area contributed by atoms with Gasteiger partial charge >= 0.3 is 12.0 Å². The van der Waals surface area contributed by atoms with Gasteiger partial charge < -0.3 is 36.8 Å². The van der Waals surface area contributed by atoms with Crippen LogP contribution < -0.4 is 27.0 Å². The van der Waals surface area contributed by atoms with Gasteiger partial charge in [-0.1, -0.05) is 26.0 Å². The summed E-state index contributed by atoms with van der Waals surface area (Å²) in [6.07, 6.45) is -0.386. The molecule has 0 aromatic heterocycles. The lowest BCUT2D eigenvalue weighted by Gasteiger charge is -2.29. The van der Waals surface area contributed by atoms with Crippen molar-refractivity contribution < 1.29 is 29.0 Å². The van der Waals surface area contributed by atoms with Crippen molar-refractivity contribution in [2.75, 3.05) is 11.9 Å². The van der Waals surface area contributed by atoms with Gasteiger partial charge in [0.1, 0.15) is 18.9 Å². The second-order valence-electron chi connectivity index (χ2n) is 8.04. The van der Waals surface area contributed by atoms with Crippen LogP contribution in [0, 0.1) is 5.92 Å². The fourth-order valence-electron chi connectivity index (χ4n) is 3.02. The van der Waals surface area contributed by atoms with Crippen LogP contribution >= 0.6 is 0 Å². The van der Waals surface area contributed by atoms with Crippen LogP contribution in [0.25, 0.3) is 0 Å². The molecule has 1 aromatic carbocycles. The maximum Gasteiger partial charge on any atom is 0.312 e. The highest BCUT2D eigenvalue weighted by Gasteiger charge is 2.28. The van der Waals surface area contributed by atoms with Gasteiger partial charge in [0.25, 0.3) is 0 Å². The van der Waals surface area contributed by atoms with Crippen molar-refractivity contribution >= 4 is 29.5 Å². The number of primary amides is 1. The van der Waals surface area contributed by atoms with Gasteiger partial charge in [0.2, 0.25) is 11.8 Å². The molecule has 1 aromatic rings. The average Bonchev–Trinajstić information content (AvgIpc) is 2.72. The van der Waals surface area contributed by atoms with Gasteiger partial charge in [0.15, 0.2) is 0 Å². The van der Waals surface area contributed by atoms with Crippen LogP contribution in [-0.4, -0.2) is 53.8 Å². The number of rotatable bonds is 13. The fraction of sp³-hybridized carbons (Fsp3) is 0.545. The Kier molecular flexibility index (Phi) is 11.7. The smallest absolute Gasteiger partial charge is 0.312 e. The minimum atomic E-state index is -1.16. The maximum atomic E-state index is 12.8. The molecule has 33 heavy (non-hydrogen) atoms. The van der Waals surface area contributed by atoms with E-state index in [0.29, 0.717) is 18.5 Å². The number of carbonyl (C=O) groups is 4. The van der Waals surface area contributed by atoms with Gasteiger partial charge in [-0.3, -0.25) is 14.4 Å². The Hall–Kier alpha value is -3.34. The number of carbonyl (C=O) groups excluding carboxylic acids is 4. The summed E-state index contributed by atoms with van der Waals surface area (Å²) in [4.78, 5) is 46.1. The van der Waals surface area contributed by atoms with E-state index in [1.807, 2.05) is 0 Å². The predicted molar refractivity (Wildman–Crippen MR) is 123 cm³/mol. The third-order valence-electron chi connectivity index (χ3n) is 4.72. The molecule has 0 bridgehead atoms. The molecule has 4 amide bonds. The van der Waals surface area contributed by atoms with Crippen LogP contribution in [0.2, 0.25) is 0 Å². The van der Waals surface area contributed by atoms with E-state index in [-0.39, 0.29) is 30.9 Å². The van der Waals surface area contributed by atoms with Gasteiger partial charge in [-0.15, -0.1) is 0 Å². The van der Waals surface area contributed by atoms with E-state index in [1.54, 1.807) is 38.1 Å². The number of urea groups is 1. The van der Waals surface area contributed by atoms with Crippen molar-refractivity contribution in [2.45, 2.75) is 65.5 Å². The summed E-state index contributed by atoms with van der Waals surface area (Å²) in [6.45, 7) is 6.69. The Bertz CT molecular complexity index is 799. The van der Waals surface area contributed by atoms with E-state index in [0.717, 1.165) is 5.56 Å². The molecule has 0 spiro atoms. The summed E-state index contributed by atoms with van der Waals surface area (Å²) in [5.41, 5.74) is 6.44. The lowest BCUT2D eigenvalue weighted by atomic mass is 10.0. The molecule has 0 aliphatic carbocycles. The highest BCUT2D eigenvalue weighted by Crippen LogP contribution is 2.14. The molecule has 1 rings (SSSR count). The molecule has 0 aliphatic heterocycles. The number of amides is 4. The maximum absolute atomic E-state index is 12.8. The van der Waals surface area contributed by atoms with Crippen LogP contribution in [0.4, 0.5) is 10.5 Å². The van der Waals surface area contributed by atoms with Crippen molar-refractivity contribution in [3.05, 3.63) is 29.8 Å². The summed E-state index contributed by atoms with van der Waals surface area (Å²) >= 11 is 0. The molecule has 0 saturated carbocycles. The van der Waals surface area contributed by atoms with E-state index >= 15 is 0 Å². The van der Waals surface area contributed by atoms with Gasteiger partial charge in [-0.2, -0.15) is 0 Å². The number of aliphatic hydroxyl groups excluding tert-OH is 1. The largest absolute Gasteiger partial charge is 0.461 e. The summed E-state index contributed by atoms with van der Waals surface area (Å²) in [6, 6.07) is 4.77. The number of nitrogens with one attached hydrogen (secondary N) is 4. The van der Waals surface area contributed by atoms with E-state index < -0.39 is 30.2 Å². The number of hydrogen-bond acceptors (Lipinski definition) is 7. The average molecular weight is 466 g/mol. The minimum Gasteiger partial charge on any atom is -0.461 e. The number of benzene rings is 1. The number of anilines is 1. The van der Waals surface area contributed by atoms with Crippen molar-refractivity contribution in [3.8, 4) is 0 Å². The molecule has 3 atom stereocenters. The Morgan fingerprint density at radius 2 is 1.70 bits per heavy atom. The lowest BCUT2D eigenvalue weighted by Crippen LogP contribution is -2.55. The summed E-state index contributed by atoms with van der Waals surface area (Å²) in [5.74, 6) is -1.30. The normalized spacial score (nSPS) is 13.4. The second-order valence-corrected chi connectivity index (χ2v) is 8.04. The molecule has 7 N–H and O–H groups in total. The van der Waals surface area contributed by atoms with E-state index in [2.05, 4.69) is 21.3 Å². The lowest BCUT2D eigenvalue weighted by molar-refractivity contribution is -0.142. The quantitative estimate of drug-likeness (QED) is 0.140. The fourth-order valence-corrected chi connectivity index (χ4v) is 3.02. The first kappa shape index (κ1) is 27.7. The molecule has 0 saturated heterocycles. The molecule has 184 valence electrons. The van der Waals surface area contributed by atoms with Gasteiger partial charge in [0, 0.05) is 26.1 Å². The highest BCUT2D eigenvalue weighted by molar-refractivity contribution is 5.87. The van der Waals surface area contributed by atoms with Crippen LogP contribution in [0.3, 0.4) is 0 Å².